The Morgan fingerprint density at radius 3 is 2.40 bits per heavy atom. The van der Waals surface area contributed by atoms with Crippen molar-refractivity contribution in [1.82, 2.24) is 0 Å². The molecule has 0 amide bonds. The van der Waals surface area contributed by atoms with Crippen LogP contribution in [-0.4, -0.2) is 28.5 Å². The first-order chi connectivity index (χ1) is 11.6. The summed E-state index contributed by atoms with van der Waals surface area (Å²) in [6.45, 7) is 7.64. The summed E-state index contributed by atoms with van der Waals surface area (Å²) >= 11 is 3.63. The normalized spacial score (nSPS) is 32.1. The zero-order chi connectivity index (χ0) is 18.5. The Kier molecular flexibility index (Phi) is 4.51. The quantitative estimate of drug-likeness (QED) is 0.544. The van der Waals surface area contributed by atoms with Crippen molar-refractivity contribution in [3.63, 3.8) is 0 Å². The summed E-state index contributed by atoms with van der Waals surface area (Å²) in [5, 5.41) is 0. The number of carbonyl (C=O) groups excluding carboxylic acids is 2. The molecule has 4 atom stereocenters. The van der Waals surface area contributed by atoms with Gasteiger partial charge in [-0.05, 0) is 38.7 Å². The van der Waals surface area contributed by atoms with Gasteiger partial charge in [-0.1, -0.05) is 60.1 Å². The lowest BCUT2D eigenvalue weighted by Crippen LogP contribution is -2.50. The molecule has 0 N–H and O–H groups in total. The Hall–Kier alpha value is -1.36. The molecule has 0 unspecified atom stereocenters. The topological polar surface area (TPSA) is 52.6 Å². The SMILES string of the molecule is C[C@@H](OC(=O)[C@@]12CC[C@@](C)(C(=O)O1)C2(C)C)[C@H](Br)Cc1ccccc1. The smallest absolute Gasteiger partial charge is 0.351 e. The highest BCUT2D eigenvalue weighted by Gasteiger charge is 2.76. The van der Waals surface area contributed by atoms with E-state index in [4.69, 9.17) is 9.47 Å². The zero-order valence-electron chi connectivity index (χ0n) is 15.2. The fourth-order valence-corrected chi connectivity index (χ4v) is 4.53. The number of esters is 2. The maximum Gasteiger partial charge on any atom is 0.351 e. The second-order valence-electron chi connectivity index (χ2n) is 7.99. The number of benzene rings is 1. The van der Waals surface area contributed by atoms with Crippen LogP contribution in [0.5, 0.6) is 0 Å². The molecule has 4 nitrogen and oxygen atoms in total. The largest absolute Gasteiger partial charge is 0.458 e. The van der Waals surface area contributed by atoms with E-state index < -0.39 is 22.4 Å². The van der Waals surface area contributed by atoms with E-state index in [9.17, 15) is 9.59 Å². The molecule has 0 aromatic heterocycles. The van der Waals surface area contributed by atoms with Crippen LogP contribution in [-0.2, 0) is 25.5 Å². The molecule has 1 heterocycles. The predicted molar refractivity (Wildman–Crippen MR) is 98.4 cm³/mol. The molecule has 0 radical (unpaired) electrons. The lowest BCUT2D eigenvalue weighted by Gasteiger charge is -2.35. The molecule has 2 aliphatic rings. The van der Waals surface area contributed by atoms with E-state index in [2.05, 4.69) is 15.9 Å². The fourth-order valence-electron chi connectivity index (χ4n) is 4.05. The number of carbonyl (C=O) groups is 2. The van der Waals surface area contributed by atoms with Crippen molar-refractivity contribution >= 4 is 27.9 Å². The van der Waals surface area contributed by atoms with Crippen LogP contribution in [0.3, 0.4) is 0 Å². The van der Waals surface area contributed by atoms with Gasteiger partial charge in [-0.25, -0.2) is 4.79 Å². The van der Waals surface area contributed by atoms with Crippen molar-refractivity contribution in [2.45, 2.75) is 63.5 Å². The minimum absolute atomic E-state index is 0.0109. The number of halogens is 1. The fraction of sp³-hybridized carbons (Fsp3) is 0.600. The average Bonchev–Trinajstić information content (AvgIpc) is 2.86. The highest BCUT2D eigenvalue weighted by molar-refractivity contribution is 9.09. The first kappa shape index (κ1) is 18.4. The van der Waals surface area contributed by atoms with Gasteiger partial charge in [0.05, 0.1) is 10.2 Å². The summed E-state index contributed by atoms with van der Waals surface area (Å²) in [7, 11) is 0. The van der Waals surface area contributed by atoms with E-state index in [1.165, 1.54) is 5.56 Å². The molecule has 3 rings (SSSR count). The highest BCUT2D eigenvalue weighted by Crippen LogP contribution is 2.65. The molecule has 25 heavy (non-hydrogen) atoms. The van der Waals surface area contributed by atoms with Crippen LogP contribution in [0.15, 0.2) is 30.3 Å². The van der Waals surface area contributed by atoms with Crippen molar-refractivity contribution in [3.05, 3.63) is 35.9 Å². The van der Waals surface area contributed by atoms with Gasteiger partial charge in [0.2, 0.25) is 5.60 Å². The van der Waals surface area contributed by atoms with Crippen LogP contribution in [0.25, 0.3) is 0 Å². The molecule has 1 aliphatic heterocycles. The number of alkyl halides is 1. The lowest BCUT2D eigenvalue weighted by atomic mass is 9.66. The summed E-state index contributed by atoms with van der Waals surface area (Å²) in [4.78, 5) is 25.3. The lowest BCUT2D eigenvalue weighted by molar-refractivity contribution is -0.186. The van der Waals surface area contributed by atoms with E-state index in [1.807, 2.05) is 58.0 Å². The van der Waals surface area contributed by atoms with Gasteiger partial charge in [0.1, 0.15) is 6.10 Å². The molecule has 1 aromatic carbocycles. The summed E-state index contributed by atoms with van der Waals surface area (Å²) in [6.07, 6.45) is 1.61. The minimum Gasteiger partial charge on any atom is -0.458 e. The Labute approximate surface area is 157 Å². The number of ether oxygens (including phenoxy) is 2. The van der Waals surface area contributed by atoms with Gasteiger partial charge in [-0.3, -0.25) is 4.79 Å². The molecule has 1 saturated carbocycles. The van der Waals surface area contributed by atoms with E-state index >= 15 is 0 Å². The summed E-state index contributed by atoms with van der Waals surface area (Å²) in [5.74, 6) is -0.704. The average molecular weight is 409 g/mol. The van der Waals surface area contributed by atoms with Crippen molar-refractivity contribution in [2.24, 2.45) is 10.8 Å². The molecule has 2 fully saturated rings. The Morgan fingerprint density at radius 1 is 1.24 bits per heavy atom. The van der Waals surface area contributed by atoms with Gasteiger partial charge >= 0.3 is 11.9 Å². The molecule has 5 heteroatoms. The standard InChI is InChI=1S/C20H25BrO4/c1-13(15(21)12-14-8-6-5-7-9-14)24-17(23)20-11-10-19(4,16(22)25-20)18(20,2)3/h5-9,13,15H,10-12H2,1-4H3/t13-,15-,19+,20-/m1/s1. The van der Waals surface area contributed by atoms with Crippen molar-refractivity contribution in [2.75, 3.05) is 0 Å². The van der Waals surface area contributed by atoms with Crippen LogP contribution >= 0.6 is 15.9 Å². The summed E-state index contributed by atoms with van der Waals surface area (Å²) in [6, 6.07) is 10.1. The van der Waals surface area contributed by atoms with E-state index in [-0.39, 0.29) is 16.9 Å². The van der Waals surface area contributed by atoms with Crippen molar-refractivity contribution in [3.8, 4) is 0 Å². The highest BCUT2D eigenvalue weighted by atomic mass is 79.9. The minimum atomic E-state index is -1.16. The van der Waals surface area contributed by atoms with Gasteiger partial charge < -0.3 is 9.47 Å². The van der Waals surface area contributed by atoms with Gasteiger partial charge in [-0.2, -0.15) is 0 Å². The van der Waals surface area contributed by atoms with Crippen LogP contribution in [0.2, 0.25) is 0 Å². The third-order valence-electron chi connectivity index (χ3n) is 6.49. The number of hydrogen-bond donors (Lipinski definition) is 0. The molecule has 1 aromatic rings. The van der Waals surface area contributed by atoms with Crippen molar-refractivity contribution in [1.29, 1.82) is 0 Å². The first-order valence-electron chi connectivity index (χ1n) is 8.76. The molecule has 1 aliphatic carbocycles. The van der Waals surface area contributed by atoms with Gasteiger partial charge in [-0.15, -0.1) is 0 Å². The molecular formula is C20H25BrO4. The van der Waals surface area contributed by atoms with E-state index in [0.29, 0.717) is 12.8 Å². The van der Waals surface area contributed by atoms with Crippen LogP contribution in [0, 0.1) is 10.8 Å². The third kappa shape index (κ3) is 2.62. The van der Waals surface area contributed by atoms with Gasteiger partial charge in [0.25, 0.3) is 0 Å². The van der Waals surface area contributed by atoms with Gasteiger partial charge in [0, 0.05) is 5.41 Å². The van der Waals surface area contributed by atoms with Crippen LogP contribution in [0.4, 0.5) is 0 Å². The number of hydrogen-bond acceptors (Lipinski definition) is 4. The molecule has 2 bridgehead atoms. The first-order valence-corrected chi connectivity index (χ1v) is 9.68. The monoisotopic (exact) mass is 408 g/mol. The summed E-state index contributed by atoms with van der Waals surface area (Å²) in [5.41, 5.74) is -1.18. The maximum atomic E-state index is 13.0. The Bertz CT molecular complexity index is 686. The zero-order valence-corrected chi connectivity index (χ0v) is 16.8. The number of rotatable bonds is 5. The number of fused-ring (bicyclic) bond motifs is 2. The second-order valence-corrected chi connectivity index (χ2v) is 9.17. The van der Waals surface area contributed by atoms with Crippen LogP contribution in [0.1, 0.15) is 46.1 Å². The maximum absolute atomic E-state index is 13.0. The predicted octanol–water partition coefficient (Wildman–Crippen LogP) is 4.05. The third-order valence-corrected chi connectivity index (χ3v) is 7.56. The second kappa shape index (κ2) is 6.11. The molecule has 0 spiro atoms. The summed E-state index contributed by atoms with van der Waals surface area (Å²) < 4.78 is 11.4. The Morgan fingerprint density at radius 2 is 1.88 bits per heavy atom. The van der Waals surface area contributed by atoms with Crippen molar-refractivity contribution < 1.29 is 19.1 Å². The van der Waals surface area contributed by atoms with E-state index in [1.54, 1.807) is 0 Å². The van der Waals surface area contributed by atoms with E-state index in [0.717, 1.165) is 6.42 Å². The molecule has 1 saturated heterocycles. The Balaban J connectivity index is 1.71. The van der Waals surface area contributed by atoms with Gasteiger partial charge in [0.15, 0.2) is 0 Å². The molecular weight excluding hydrogens is 384 g/mol. The van der Waals surface area contributed by atoms with Crippen LogP contribution < -0.4 is 0 Å². The molecule has 136 valence electrons.